The zero-order valence-corrected chi connectivity index (χ0v) is 11.6. The topological polar surface area (TPSA) is 57.8 Å². The Bertz CT molecular complexity index is 635. The van der Waals surface area contributed by atoms with E-state index < -0.39 is 5.97 Å². The molecule has 2 aromatic rings. The lowest BCUT2D eigenvalue weighted by Crippen LogP contribution is -2.33. The first kappa shape index (κ1) is 13.1. The summed E-state index contributed by atoms with van der Waals surface area (Å²) < 4.78 is 1.48. The van der Waals surface area contributed by atoms with E-state index >= 15 is 0 Å². The highest BCUT2D eigenvalue weighted by Gasteiger charge is 2.18. The smallest absolute Gasteiger partial charge is 0.354 e. The molecule has 0 bridgehead atoms. The Hall–Kier alpha value is -1.88. The van der Waals surface area contributed by atoms with Crippen LogP contribution < -0.4 is 0 Å². The number of aromatic carboxylic acids is 1. The van der Waals surface area contributed by atoms with Crippen LogP contribution in [0.5, 0.6) is 0 Å². The molecule has 20 heavy (non-hydrogen) atoms. The fourth-order valence-electron chi connectivity index (χ4n) is 3.02. The number of fused-ring (bicyclic) bond motifs is 1. The highest BCUT2D eigenvalue weighted by Crippen LogP contribution is 2.19. The number of piperidine rings is 1. The van der Waals surface area contributed by atoms with E-state index in [1.54, 1.807) is 12.3 Å². The maximum Gasteiger partial charge on any atom is 0.354 e. The van der Waals surface area contributed by atoms with Crippen molar-refractivity contribution in [2.24, 2.45) is 5.92 Å². The molecule has 0 aromatic carbocycles. The van der Waals surface area contributed by atoms with Gasteiger partial charge in [-0.3, -0.25) is 4.90 Å². The molecule has 5 nitrogen and oxygen atoms in total. The number of nitrogens with zero attached hydrogens (tertiary/aromatic N) is 3. The molecule has 1 N–H and O–H groups in total. The van der Waals surface area contributed by atoms with Crippen LogP contribution in [-0.4, -0.2) is 38.7 Å². The molecule has 106 valence electrons. The molecule has 3 rings (SSSR count). The van der Waals surface area contributed by atoms with Gasteiger partial charge in [0.05, 0.1) is 11.7 Å². The molecule has 1 aliphatic rings. The lowest BCUT2D eigenvalue weighted by Gasteiger charge is -2.30. The van der Waals surface area contributed by atoms with E-state index in [4.69, 9.17) is 0 Å². The number of carboxylic acid groups (broad SMARTS) is 1. The number of hydrogen-bond donors (Lipinski definition) is 1. The number of carbonyl (C=O) groups is 1. The molecule has 0 aliphatic carbocycles. The molecule has 0 saturated carbocycles. The van der Waals surface area contributed by atoms with Gasteiger partial charge in [-0.25, -0.2) is 9.31 Å². The third-order valence-corrected chi connectivity index (χ3v) is 3.92. The second kappa shape index (κ2) is 5.25. The van der Waals surface area contributed by atoms with Gasteiger partial charge in [-0.15, -0.1) is 0 Å². The van der Waals surface area contributed by atoms with Crippen molar-refractivity contribution >= 4 is 11.5 Å². The molecule has 0 radical (unpaired) electrons. The first-order valence-electron chi connectivity index (χ1n) is 7.06. The van der Waals surface area contributed by atoms with Gasteiger partial charge in [0.1, 0.15) is 0 Å². The van der Waals surface area contributed by atoms with E-state index in [1.165, 1.54) is 17.4 Å². The highest BCUT2D eigenvalue weighted by atomic mass is 16.4. The quantitative estimate of drug-likeness (QED) is 0.932. The average Bonchev–Trinajstić information content (AvgIpc) is 2.85. The van der Waals surface area contributed by atoms with Gasteiger partial charge in [0.2, 0.25) is 0 Å². The van der Waals surface area contributed by atoms with E-state index in [2.05, 4.69) is 16.9 Å². The van der Waals surface area contributed by atoms with Crippen LogP contribution >= 0.6 is 0 Å². The molecule has 1 aliphatic heterocycles. The van der Waals surface area contributed by atoms with Crippen LogP contribution in [0.15, 0.2) is 24.4 Å². The summed E-state index contributed by atoms with van der Waals surface area (Å²) in [5.74, 6) is -0.214. The third kappa shape index (κ3) is 2.54. The Morgan fingerprint density at radius 2 is 2.35 bits per heavy atom. The second-order valence-corrected chi connectivity index (χ2v) is 5.70. The van der Waals surface area contributed by atoms with Gasteiger partial charge in [-0.2, -0.15) is 5.10 Å². The predicted molar refractivity (Wildman–Crippen MR) is 75.8 cm³/mol. The fraction of sp³-hybridized carbons (Fsp3) is 0.467. The minimum Gasteiger partial charge on any atom is -0.477 e. The minimum atomic E-state index is -0.937. The lowest BCUT2D eigenvalue weighted by atomic mass is 10.00. The maximum atomic E-state index is 11.3. The van der Waals surface area contributed by atoms with Gasteiger partial charge in [0.15, 0.2) is 5.69 Å². The summed E-state index contributed by atoms with van der Waals surface area (Å²) >= 11 is 0. The molecule has 0 spiro atoms. The summed E-state index contributed by atoms with van der Waals surface area (Å²) in [5, 5.41) is 13.4. The van der Waals surface area contributed by atoms with Crippen LogP contribution in [0.4, 0.5) is 0 Å². The largest absolute Gasteiger partial charge is 0.477 e. The summed E-state index contributed by atoms with van der Waals surface area (Å²) in [4.78, 5) is 13.7. The van der Waals surface area contributed by atoms with Crippen molar-refractivity contribution in [3.63, 3.8) is 0 Å². The van der Waals surface area contributed by atoms with Gasteiger partial charge in [0.25, 0.3) is 0 Å². The molecule has 0 unspecified atom stereocenters. The van der Waals surface area contributed by atoms with Crippen LogP contribution in [0.1, 0.15) is 35.8 Å². The number of rotatable bonds is 3. The minimum absolute atomic E-state index is 0.229. The van der Waals surface area contributed by atoms with Gasteiger partial charge in [0, 0.05) is 13.1 Å². The standard InChI is InChI=1S/C15H19N3O2/c1-11-3-2-6-17(9-11)10-12-7-13-4-5-16-18(13)14(8-12)15(19)20/h4-5,7-8,11H,2-3,6,9-10H2,1H3,(H,19,20)/t11-/m0/s1. The van der Waals surface area contributed by atoms with Gasteiger partial charge in [-0.05, 0) is 49.1 Å². The molecular formula is C15H19N3O2. The zero-order chi connectivity index (χ0) is 14.1. The van der Waals surface area contributed by atoms with Crippen molar-refractivity contribution in [2.75, 3.05) is 13.1 Å². The average molecular weight is 273 g/mol. The van der Waals surface area contributed by atoms with Gasteiger partial charge in [-0.1, -0.05) is 6.92 Å². The van der Waals surface area contributed by atoms with Crippen LogP contribution in [0.3, 0.4) is 0 Å². The Morgan fingerprint density at radius 3 is 3.10 bits per heavy atom. The van der Waals surface area contributed by atoms with Crippen LogP contribution in [0, 0.1) is 5.92 Å². The van der Waals surface area contributed by atoms with Crippen molar-refractivity contribution < 1.29 is 9.90 Å². The first-order chi connectivity index (χ1) is 9.63. The van der Waals surface area contributed by atoms with Crippen molar-refractivity contribution in [1.29, 1.82) is 0 Å². The zero-order valence-electron chi connectivity index (χ0n) is 11.6. The summed E-state index contributed by atoms with van der Waals surface area (Å²) in [6.45, 7) is 5.27. The van der Waals surface area contributed by atoms with E-state index in [1.807, 2.05) is 12.1 Å². The second-order valence-electron chi connectivity index (χ2n) is 5.70. The molecule has 1 atom stereocenters. The maximum absolute atomic E-state index is 11.3. The van der Waals surface area contributed by atoms with Crippen molar-refractivity contribution in [2.45, 2.75) is 26.3 Å². The number of aromatic nitrogens is 2. The lowest BCUT2D eigenvalue weighted by molar-refractivity contribution is 0.0687. The number of carboxylic acids is 1. The molecule has 0 amide bonds. The van der Waals surface area contributed by atoms with Crippen molar-refractivity contribution in [3.8, 4) is 0 Å². The molecule has 1 saturated heterocycles. The molecular weight excluding hydrogens is 254 g/mol. The normalized spacial score (nSPS) is 20.4. The number of likely N-dealkylation sites (tertiary alicyclic amines) is 1. The molecule has 1 fully saturated rings. The van der Waals surface area contributed by atoms with Crippen molar-refractivity contribution in [3.05, 3.63) is 35.7 Å². The summed E-state index contributed by atoms with van der Waals surface area (Å²) in [6.07, 6.45) is 4.15. The van der Waals surface area contributed by atoms with Crippen LogP contribution in [0.25, 0.3) is 5.52 Å². The summed E-state index contributed by atoms with van der Waals surface area (Å²) in [5.41, 5.74) is 2.11. The summed E-state index contributed by atoms with van der Waals surface area (Å²) in [6, 6.07) is 5.61. The Kier molecular flexibility index (Phi) is 3.44. The van der Waals surface area contributed by atoms with Crippen LogP contribution in [0.2, 0.25) is 0 Å². The number of hydrogen-bond acceptors (Lipinski definition) is 3. The molecule has 3 heterocycles. The Morgan fingerprint density at radius 1 is 1.50 bits per heavy atom. The van der Waals surface area contributed by atoms with E-state index in [0.717, 1.165) is 36.6 Å². The highest BCUT2D eigenvalue weighted by molar-refractivity contribution is 5.86. The third-order valence-electron chi connectivity index (χ3n) is 3.92. The first-order valence-corrected chi connectivity index (χ1v) is 7.06. The van der Waals surface area contributed by atoms with E-state index in [9.17, 15) is 9.90 Å². The summed E-state index contributed by atoms with van der Waals surface area (Å²) in [7, 11) is 0. The Balaban J connectivity index is 1.89. The van der Waals surface area contributed by atoms with E-state index in [-0.39, 0.29) is 5.69 Å². The van der Waals surface area contributed by atoms with Crippen molar-refractivity contribution in [1.82, 2.24) is 14.5 Å². The van der Waals surface area contributed by atoms with Gasteiger partial charge < -0.3 is 5.11 Å². The fourth-order valence-corrected chi connectivity index (χ4v) is 3.02. The Labute approximate surface area is 117 Å². The monoisotopic (exact) mass is 273 g/mol. The van der Waals surface area contributed by atoms with Gasteiger partial charge >= 0.3 is 5.97 Å². The molecule has 2 aromatic heterocycles. The van der Waals surface area contributed by atoms with E-state index in [0.29, 0.717) is 0 Å². The van der Waals surface area contributed by atoms with Crippen LogP contribution in [-0.2, 0) is 6.54 Å². The predicted octanol–water partition coefficient (Wildman–Crippen LogP) is 2.26. The number of pyridine rings is 1. The SMILES string of the molecule is C[C@H]1CCCN(Cc2cc(C(=O)O)n3nccc3c2)C1. The molecule has 5 heteroatoms.